The molecule has 4 rings (SSSR count). The average Bonchev–Trinajstić information content (AvgIpc) is 3.02. The lowest BCUT2D eigenvalue weighted by Crippen LogP contribution is -2.53. The second kappa shape index (κ2) is 16.7. The fourth-order valence-electron chi connectivity index (χ4n) is 5.75. The van der Waals surface area contributed by atoms with Gasteiger partial charge >= 0.3 is 0 Å². The molecule has 1 atom stereocenters. The third-order valence-corrected chi connectivity index (χ3v) is 10.2. The smallest absolute Gasteiger partial charge is 0.243 e. The van der Waals surface area contributed by atoms with E-state index in [0.717, 1.165) is 43.9 Å². The molecule has 0 heterocycles. The normalized spacial score (nSPS) is 14.4. The van der Waals surface area contributed by atoms with Crippen LogP contribution in [-0.4, -0.2) is 57.1 Å². The van der Waals surface area contributed by atoms with Crippen LogP contribution in [0.25, 0.3) is 0 Å². The summed E-state index contributed by atoms with van der Waals surface area (Å²) in [5, 5.41) is 4.33. The number of rotatable bonds is 14. The summed E-state index contributed by atoms with van der Waals surface area (Å²) < 4.78 is 32.0. The van der Waals surface area contributed by atoms with Crippen LogP contribution in [0.5, 0.6) is 5.75 Å². The van der Waals surface area contributed by atoms with Crippen LogP contribution < -0.4 is 14.4 Å². The summed E-state index contributed by atoms with van der Waals surface area (Å²) in [7, 11) is -2.23. The number of carbonyl (C=O) groups is 2. The first-order chi connectivity index (χ1) is 22.0. The Balaban J connectivity index is 1.61. The van der Waals surface area contributed by atoms with Crippen molar-refractivity contribution in [3.05, 3.63) is 92.9 Å². The highest BCUT2D eigenvalue weighted by Gasteiger charge is 2.32. The van der Waals surface area contributed by atoms with E-state index in [1.165, 1.54) is 17.5 Å². The van der Waals surface area contributed by atoms with E-state index >= 15 is 0 Å². The van der Waals surface area contributed by atoms with Gasteiger partial charge in [-0.05, 0) is 60.7 Å². The zero-order valence-electron chi connectivity index (χ0n) is 26.1. The van der Waals surface area contributed by atoms with Crippen LogP contribution in [0.15, 0.2) is 66.7 Å². The van der Waals surface area contributed by atoms with E-state index in [9.17, 15) is 18.0 Å². The highest BCUT2D eigenvalue weighted by molar-refractivity contribution is 7.92. The Hall–Kier alpha value is -2.98. The Morgan fingerprint density at radius 1 is 0.957 bits per heavy atom. The molecule has 46 heavy (non-hydrogen) atoms. The zero-order valence-corrected chi connectivity index (χ0v) is 29.1. The molecular weight excluding hydrogens is 669 g/mol. The van der Waals surface area contributed by atoms with Crippen LogP contribution in [0.3, 0.4) is 0 Å². The van der Waals surface area contributed by atoms with Gasteiger partial charge in [0.25, 0.3) is 0 Å². The minimum Gasteiger partial charge on any atom is -0.495 e. The van der Waals surface area contributed by atoms with E-state index < -0.39 is 16.1 Å². The molecule has 1 N–H and O–H groups in total. The molecule has 0 radical (unpaired) electrons. The number of methoxy groups -OCH3 is 1. The lowest BCUT2D eigenvalue weighted by Gasteiger charge is -2.34. The number of nitrogens with zero attached hydrogens (tertiary/aromatic N) is 2. The lowest BCUT2D eigenvalue weighted by atomic mass is 9.94. The predicted molar refractivity (Wildman–Crippen MR) is 185 cm³/mol. The monoisotopic (exact) mass is 707 g/mol. The molecule has 0 aliphatic heterocycles. The summed E-state index contributed by atoms with van der Waals surface area (Å²) in [4.78, 5) is 29.7. The molecule has 8 nitrogen and oxygen atoms in total. The Bertz CT molecular complexity index is 1600. The van der Waals surface area contributed by atoms with E-state index in [2.05, 4.69) is 5.32 Å². The third kappa shape index (κ3) is 10.0. The van der Waals surface area contributed by atoms with Crippen LogP contribution in [0.1, 0.15) is 56.1 Å². The van der Waals surface area contributed by atoms with Gasteiger partial charge in [0.15, 0.2) is 0 Å². The van der Waals surface area contributed by atoms with Gasteiger partial charge < -0.3 is 15.0 Å². The fraction of sp³-hybridized carbons (Fsp3) is 0.412. The second-order valence-electron chi connectivity index (χ2n) is 11.6. The number of amides is 2. The number of benzene rings is 3. The molecule has 248 valence electrons. The Kier molecular flexibility index (Phi) is 13.0. The van der Waals surface area contributed by atoms with Gasteiger partial charge in [-0.3, -0.25) is 13.9 Å². The van der Waals surface area contributed by atoms with Crippen LogP contribution in [0, 0.1) is 0 Å². The van der Waals surface area contributed by atoms with E-state index in [1.54, 1.807) is 35.2 Å². The summed E-state index contributed by atoms with van der Waals surface area (Å²) in [6.07, 6.45) is 6.64. The molecule has 0 saturated heterocycles. The van der Waals surface area contributed by atoms with Gasteiger partial charge in [-0.2, -0.15) is 0 Å². The highest BCUT2D eigenvalue weighted by atomic mass is 35.5. The van der Waals surface area contributed by atoms with E-state index in [0.29, 0.717) is 33.5 Å². The zero-order chi connectivity index (χ0) is 33.3. The Labute approximate surface area is 287 Å². The minimum absolute atomic E-state index is 0.0108. The molecule has 1 aliphatic carbocycles. The van der Waals surface area contributed by atoms with Gasteiger partial charge in [-0.1, -0.05) is 90.5 Å². The summed E-state index contributed by atoms with van der Waals surface area (Å²) >= 11 is 19.0. The van der Waals surface area contributed by atoms with Crippen LogP contribution in [0.2, 0.25) is 15.1 Å². The third-order valence-electron chi connectivity index (χ3n) is 8.15. The summed E-state index contributed by atoms with van der Waals surface area (Å²) in [6.45, 7) is 0.106. The quantitative estimate of drug-likeness (QED) is 0.190. The number of hydrogen-bond donors (Lipinski definition) is 1. The van der Waals surface area contributed by atoms with Gasteiger partial charge in [-0.15, -0.1) is 0 Å². The number of anilines is 1. The molecule has 12 heteroatoms. The van der Waals surface area contributed by atoms with Crippen LogP contribution in [0.4, 0.5) is 5.69 Å². The molecular formula is C34H40Cl3N3O5S. The lowest BCUT2D eigenvalue weighted by molar-refractivity contribution is -0.141. The fourth-order valence-corrected chi connectivity index (χ4v) is 7.42. The van der Waals surface area contributed by atoms with Gasteiger partial charge in [-0.25, -0.2) is 8.42 Å². The molecule has 3 aromatic rings. The van der Waals surface area contributed by atoms with Crippen LogP contribution >= 0.6 is 34.8 Å². The Morgan fingerprint density at radius 2 is 1.67 bits per heavy atom. The number of nitrogens with one attached hydrogen (secondary N) is 1. The predicted octanol–water partition coefficient (Wildman–Crippen LogP) is 7.29. The molecule has 1 saturated carbocycles. The van der Waals surface area contributed by atoms with Gasteiger partial charge in [0, 0.05) is 42.0 Å². The molecule has 0 spiro atoms. The Morgan fingerprint density at radius 3 is 2.30 bits per heavy atom. The van der Waals surface area contributed by atoms with Crippen molar-refractivity contribution in [2.75, 3.05) is 24.2 Å². The van der Waals surface area contributed by atoms with E-state index in [-0.39, 0.29) is 48.8 Å². The molecule has 1 aliphatic rings. The summed E-state index contributed by atoms with van der Waals surface area (Å²) in [5.74, 6) is -0.103. The van der Waals surface area contributed by atoms with Gasteiger partial charge in [0.05, 0.1) is 24.1 Å². The average molecular weight is 709 g/mol. The molecule has 1 fully saturated rings. The number of ether oxygens (including phenoxy) is 1. The van der Waals surface area contributed by atoms with Crippen molar-refractivity contribution in [1.29, 1.82) is 0 Å². The molecule has 3 aromatic carbocycles. The molecule has 0 aromatic heterocycles. The van der Waals surface area contributed by atoms with E-state index in [4.69, 9.17) is 39.5 Å². The maximum Gasteiger partial charge on any atom is 0.243 e. The van der Waals surface area contributed by atoms with Crippen molar-refractivity contribution in [1.82, 2.24) is 10.2 Å². The number of halogens is 3. The number of sulfonamides is 1. The molecule has 2 amide bonds. The number of hydrogen-bond acceptors (Lipinski definition) is 5. The first-order valence-electron chi connectivity index (χ1n) is 15.3. The van der Waals surface area contributed by atoms with Crippen LogP contribution in [-0.2, 0) is 32.6 Å². The largest absolute Gasteiger partial charge is 0.495 e. The highest BCUT2D eigenvalue weighted by Crippen LogP contribution is 2.31. The van der Waals surface area contributed by atoms with Crippen molar-refractivity contribution in [2.24, 2.45) is 0 Å². The first-order valence-corrected chi connectivity index (χ1v) is 18.3. The van der Waals surface area contributed by atoms with Crippen molar-refractivity contribution < 1.29 is 22.7 Å². The number of carbonyl (C=O) groups excluding carboxylic acids is 2. The summed E-state index contributed by atoms with van der Waals surface area (Å²) in [5.41, 5.74) is 1.92. The van der Waals surface area contributed by atoms with Crippen molar-refractivity contribution in [3.63, 3.8) is 0 Å². The SMILES string of the molecule is COc1ccc(N(CCCC(=O)N(Cc2ccc(Cl)cc2Cl)[C@H](Cc2ccccc2)C(=O)NC2CCCCC2)S(C)(=O)=O)cc1Cl. The second-order valence-corrected chi connectivity index (χ2v) is 14.7. The summed E-state index contributed by atoms with van der Waals surface area (Å²) in [6, 6.07) is 18.6. The maximum atomic E-state index is 14.1. The topological polar surface area (TPSA) is 96.0 Å². The van der Waals surface area contributed by atoms with Crippen molar-refractivity contribution in [2.45, 2.75) is 70.0 Å². The van der Waals surface area contributed by atoms with E-state index in [1.807, 2.05) is 30.3 Å². The van der Waals surface area contributed by atoms with Gasteiger partial charge in [0.1, 0.15) is 11.8 Å². The standard InChI is InChI=1S/C34H40Cl3N3O5S/c1-45-32-18-17-28(22-30(32)37)40(46(2,43)44)19-9-14-33(41)39(23-25-15-16-26(35)21-29(25)36)31(20-24-10-5-3-6-11-24)34(42)38-27-12-7-4-8-13-27/h3,5-6,10-11,15-18,21-22,27,31H,4,7-9,12-14,19-20,23H2,1-2H3,(H,38,42)/t31-/m1/s1. The minimum atomic E-state index is -3.70. The first kappa shape index (κ1) is 35.9. The molecule has 0 unspecified atom stereocenters. The van der Waals surface area contributed by atoms with Crippen molar-refractivity contribution in [3.8, 4) is 5.75 Å². The maximum absolute atomic E-state index is 14.1. The van der Waals surface area contributed by atoms with Gasteiger partial charge in [0.2, 0.25) is 21.8 Å². The van der Waals surface area contributed by atoms with Crippen molar-refractivity contribution >= 4 is 62.3 Å². The molecule has 0 bridgehead atoms.